The fraction of sp³-hybridized carbons (Fsp3) is 0.385. The smallest absolute Gasteiger partial charge is 0.240 e. The lowest BCUT2D eigenvalue weighted by Gasteiger charge is -2.14. The Morgan fingerprint density at radius 1 is 1.20 bits per heavy atom. The van der Waals surface area contributed by atoms with E-state index in [-0.39, 0.29) is 6.54 Å². The fourth-order valence-corrected chi connectivity index (χ4v) is 1.94. The van der Waals surface area contributed by atoms with Gasteiger partial charge in [0.25, 0.3) is 0 Å². The van der Waals surface area contributed by atoms with Crippen LogP contribution in [0.5, 0.6) is 11.5 Å². The third-order valence-electron chi connectivity index (χ3n) is 2.82. The summed E-state index contributed by atoms with van der Waals surface area (Å²) in [5.41, 5.74) is 7.02. The minimum absolute atomic E-state index is 0.194. The molecular weight excluding hydrogens is 262 g/mol. The number of nitrogens with zero attached hydrogens (tertiary/aromatic N) is 2. The summed E-state index contributed by atoms with van der Waals surface area (Å²) < 4.78 is 20.9. The highest BCUT2D eigenvalue weighted by molar-refractivity contribution is 5.67. The van der Waals surface area contributed by atoms with Crippen LogP contribution in [0.15, 0.2) is 16.7 Å². The zero-order valence-corrected chi connectivity index (χ0v) is 11.7. The molecule has 0 bridgehead atoms. The molecule has 20 heavy (non-hydrogen) atoms. The van der Waals surface area contributed by atoms with E-state index in [0.717, 1.165) is 11.1 Å². The normalized spacial score (nSPS) is 10.6. The number of nitrogens with two attached hydrogens (primary N) is 1. The monoisotopic (exact) mass is 279 g/mol. The maximum absolute atomic E-state index is 5.47. The number of rotatable bonds is 6. The summed E-state index contributed by atoms with van der Waals surface area (Å²) in [5.74, 6) is 2.02. The number of hydrogen-bond acceptors (Lipinski definition) is 7. The Kier molecular flexibility index (Phi) is 4.54. The van der Waals surface area contributed by atoms with Crippen LogP contribution in [0.25, 0.3) is 11.4 Å². The van der Waals surface area contributed by atoms with E-state index in [1.54, 1.807) is 27.4 Å². The fourth-order valence-electron chi connectivity index (χ4n) is 1.94. The van der Waals surface area contributed by atoms with Crippen LogP contribution in [0.1, 0.15) is 11.5 Å². The van der Waals surface area contributed by atoms with Gasteiger partial charge >= 0.3 is 0 Å². The first-order chi connectivity index (χ1) is 9.74. The first-order valence-corrected chi connectivity index (χ1v) is 6.01. The Labute approximate surface area is 116 Å². The lowest BCUT2D eigenvalue weighted by Crippen LogP contribution is -2.01. The summed E-state index contributed by atoms with van der Waals surface area (Å²) in [5, 5.41) is 3.91. The van der Waals surface area contributed by atoms with Crippen molar-refractivity contribution in [3.8, 4) is 22.9 Å². The molecule has 0 aliphatic carbocycles. The minimum Gasteiger partial charge on any atom is -0.493 e. The third-order valence-corrected chi connectivity index (χ3v) is 2.82. The van der Waals surface area contributed by atoms with Gasteiger partial charge in [-0.15, -0.1) is 0 Å². The van der Waals surface area contributed by atoms with Gasteiger partial charge in [0.1, 0.15) is 0 Å². The number of hydrogen-bond donors (Lipinski definition) is 1. The van der Waals surface area contributed by atoms with Gasteiger partial charge in [0.15, 0.2) is 11.5 Å². The van der Waals surface area contributed by atoms with E-state index in [1.807, 2.05) is 6.07 Å². The highest BCUT2D eigenvalue weighted by Gasteiger charge is 2.19. The van der Waals surface area contributed by atoms with Gasteiger partial charge in [0.05, 0.1) is 27.4 Å². The van der Waals surface area contributed by atoms with E-state index in [9.17, 15) is 0 Å². The van der Waals surface area contributed by atoms with E-state index in [4.69, 9.17) is 24.5 Å². The number of benzene rings is 1. The van der Waals surface area contributed by atoms with Gasteiger partial charge in [-0.25, -0.2) is 0 Å². The van der Waals surface area contributed by atoms with E-state index >= 15 is 0 Å². The molecule has 108 valence electrons. The van der Waals surface area contributed by atoms with Gasteiger partial charge < -0.3 is 24.5 Å². The Balaban J connectivity index is 2.56. The molecule has 7 nitrogen and oxygen atoms in total. The van der Waals surface area contributed by atoms with Gasteiger partial charge in [0.2, 0.25) is 11.7 Å². The van der Waals surface area contributed by atoms with Crippen LogP contribution >= 0.6 is 0 Å². The van der Waals surface area contributed by atoms with Crippen molar-refractivity contribution < 1.29 is 18.7 Å². The molecule has 0 aliphatic heterocycles. The molecular formula is C13H17N3O4. The molecule has 0 atom stereocenters. The van der Waals surface area contributed by atoms with E-state index < -0.39 is 0 Å². The minimum atomic E-state index is 0.194. The van der Waals surface area contributed by atoms with Crippen LogP contribution < -0.4 is 15.2 Å². The van der Waals surface area contributed by atoms with Gasteiger partial charge in [0, 0.05) is 18.2 Å². The molecule has 2 N–H and O–H groups in total. The molecule has 0 amide bonds. The molecule has 0 fully saturated rings. The van der Waals surface area contributed by atoms with Crippen molar-refractivity contribution in [2.75, 3.05) is 21.3 Å². The summed E-state index contributed by atoms with van der Waals surface area (Å²) in [6, 6.07) is 3.62. The molecule has 1 aromatic heterocycles. The summed E-state index contributed by atoms with van der Waals surface area (Å²) in [4.78, 5) is 4.22. The first kappa shape index (κ1) is 14.3. The second-order valence-electron chi connectivity index (χ2n) is 3.98. The second-order valence-corrected chi connectivity index (χ2v) is 3.98. The molecule has 0 saturated carbocycles. The molecule has 1 aromatic carbocycles. The standard InChI is InChI=1S/C13H17N3O4/c1-17-7-9-8(13-15-11(6-14)20-16-13)4-5-10(18-2)12(9)19-3/h4-5H,6-7,14H2,1-3H3. The molecule has 1 heterocycles. The van der Waals surface area contributed by atoms with Crippen LogP contribution in [0, 0.1) is 0 Å². The third kappa shape index (κ3) is 2.59. The zero-order valence-electron chi connectivity index (χ0n) is 11.7. The molecule has 0 unspecified atom stereocenters. The van der Waals surface area contributed by atoms with Crippen LogP contribution in [-0.4, -0.2) is 31.5 Å². The highest BCUT2D eigenvalue weighted by atomic mass is 16.5. The zero-order chi connectivity index (χ0) is 14.5. The Morgan fingerprint density at radius 2 is 2.00 bits per heavy atom. The summed E-state index contributed by atoms with van der Waals surface area (Å²) in [6.45, 7) is 0.530. The number of aromatic nitrogens is 2. The van der Waals surface area contributed by atoms with Gasteiger partial charge in [-0.2, -0.15) is 4.98 Å². The van der Waals surface area contributed by atoms with Crippen molar-refractivity contribution in [3.05, 3.63) is 23.6 Å². The molecule has 2 aromatic rings. The number of methoxy groups -OCH3 is 3. The van der Waals surface area contributed by atoms with Gasteiger partial charge in [-0.1, -0.05) is 5.16 Å². The van der Waals surface area contributed by atoms with Crippen molar-refractivity contribution in [1.29, 1.82) is 0 Å². The maximum Gasteiger partial charge on any atom is 0.240 e. The number of ether oxygens (including phenoxy) is 3. The van der Waals surface area contributed by atoms with Crippen molar-refractivity contribution >= 4 is 0 Å². The summed E-state index contributed by atoms with van der Waals surface area (Å²) in [6.07, 6.45) is 0. The lowest BCUT2D eigenvalue weighted by atomic mass is 10.1. The van der Waals surface area contributed by atoms with Gasteiger partial charge in [-0.05, 0) is 12.1 Å². The molecule has 0 radical (unpaired) electrons. The van der Waals surface area contributed by atoms with E-state index in [2.05, 4.69) is 10.1 Å². The predicted molar refractivity (Wildman–Crippen MR) is 71.4 cm³/mol. The molecule has 0 aliphatic rings. The van der Waals surface area contributed by atoms with Crippen molar-refractivity contribution in [2.45, 2.75) is 13.2 Å². The lowest BCUT2D eigenvalue weighted by molar-refractivity contribution is 0.181. The van der Waals surface area contributed by atoms with E-state index in [0.29, 0.717) is 29.8 Å². The molecule has 2 rings (SSSR count). The first-order valence-electron chi connectivity index (χ1n) is 6.01. The average molecular weight is 279 g/mol. The Hall–Kier alpha value is -2.12. The SMILES string of the molecule is COCc1c(-c2noc(CN)n2)ccc(OC)c1OC. The van der Waals surface area contributed by atoms with Gasteiger partial charge in [-0.3, -0.25) is 0 Å². The second kappa shape index (κ2) is 6.36. The van der Waals surface area contributed by atoms with Crippen molar-refractivity contribution in [1.82, 2.24) is 10.1 Å². The topological polar surface area (TPSA) is 92.6 Å². The predicted octanol–water partition coefficient (Wildman–Crippen LogP) is 1.36. The van der Waals surface area contributed by atoms with E-state index in [1.165, 1.54) is 0 Å². The highest BCUT2D eigenvalue weighted by Crippen LogP contribution is 2.37. The maximum atomic E-state index is 5.47. The molecule has 7 heteroatoms. The quantitative estimate of drug-likeness (QED) is 0.853. The van der Waals surface area contributed by atoms with Crippen LogP contribution in [0.3, 0.4) is 0 Å². The largest absolute Gasteiger partial charge is 0.493 e. The van der Waals surface area contributed by atoms with Crippen LogP contribution in [0.4, 0.5) is 0 Å². The van der Waals surface area contributed by atoms with Crippen LogP contribution in [-0.2, 0) is 17.9 Å². The molecule has 0 spiro atoms. The van der Waals surface area contributed by atoms with Crippen molar-refractivity contribution in [2.24, 2.45) is 5.73 Å². The Bertz CT molecular complexity index is 583. The Morgan fingerprint density at radius 3 is 2.55 bits per heavy atom. The average Bonchev–Trinajstić information content (AvgIpc) is 2.95. The van der Waals surface area contributed by atoms with Crippen LogP contribution in [0.2, 0.25) is 0 Å². The summed E-state index contributed by atoms with van der Waals surface area (Å²) in [7, 11) is 4.75. The summed E-state index contributed by atoms with van der Waals surface area (Å²) >= 11 is 0. The van der Waals surface area contributed by atoms with Crippen molar-refractivity contribution in [3.63, 3.8) is 0 Å². The molecule has 0 saturated heterocycles.